The van der Waals surface area contributed by atoms with Crippen LogP contribution in [0, 0.1) is 0 Å². The molecule has 5 rings (SSSR count). The minimum Gasteiger partial charge on any atom is -0.368 e. The molecule has 0 saturated carbocycles. The van der Waals surface area contributed by atoms with E-state index in [1.807, 2.05) is 53.1 Å². The van der Waals surface area contributed by atoms with Gasteiger partial charge in [-0.3, -0.25) is 18.5 Å². The van der Waals surface area contributed by atoms with Crippen LogP contribution in [0.1, 0.15) is 5.56 Å². The summed E-state index contributed by atoms with van der Waals surface area (Å²) < 4.78 is 4.54. The maximum Gasteiger partial charge on any atom is 0.332 e. The van der Waals surface area contributed by atoms with Crippen LogP contribution in [-0.2, 0) is 20.6 Å². The monoisotopic (exact) mass is 464 g/mol. The highest BCUT2D eigenvalue weighted by Crippen LogP contribution is 2.25. The Kier molecular flexibility index (Phi) is 5.46. The van der Waals surface area contributed by atoms with Gasteiger partial charge in [0.2, 0.25) is 5.95 Å². The molecule has 3 heterocycles. The number of rotatable bonds is 4. The van der Waals surface area contributed by atoms with Gasteiger partial charge >= 0.3 is 5.69 Å². The third-order valence-corrected chi connectivity index (χ3v) is 6.48. The second-order valence-corrected chi connectivity index (χ2v) is 8.75. The number of fused-ring (bicyclic) bond motifs is 1. The quantitative estimate of drug-likeness (QED) is 0.464. The largest absolute Gasteiger partial charge is 0.368 e. The fourth-order valence-electron chi connectivity index (χ4n) is 4.43. The summed E-state index contributed by atoms with van der Waals surface area (Å²) in [5.41, 5.74) is 2.29. The van der Waals surface area contributed by atoms with Gasteiger partial charge in [0, 0.05) is 51.0 Å². The Morgan fingerprint density at radius 3 is 2.27 bits per heavy atom. The number of benzene rings is 2. The Bertz CT molecular complexity index is 1430. The highest BCUT2D eigenvalue weighted by Gasteiger charge is 2.26. The van der Waals surface area contributed by atoms with Crippen molar-refractivity contribution < 1.29 is 0 Å². The lowest BCUT2D eigenvalue weighted by atomic mass is 10.2. The zero-order chi connectivity index (χ0) is 23.1. The first-order valence-electron chi connectivity index (χ1n) is 10.9. The summed E-state index contributed by atoms with van der Waals surface area (Å²) in [5, 5.41) is 0.719. The van der Waals surface area contributed by atoms with E-state index in [1.54, 1.807) is 7.05 Å². The first-order valence-corrected chi connectivity index (χ1v) is 11.3. The Balaban J connectivity index is 1.56. The molecule has 9 heteroatoms. The molecule has 4 aromatic rings. The van der Waals surface area contributed by atoms with Crippen molar-refractivity contribution >= 4 is 34.4 Å². The Labute approximate surface area is 195 Å². The highest BCUT2D eigenvalue weighted by molar-refractivity contribution is 6.30. The number of aromatic nitrogens is 4. The third kappa shape index (κ3) is 3.80. The summed E-state index contributed by atoms with van der Waals surface area (Å²) in [4.78, 5) is 34.9. The van der Waals surface area contributed by atoms with Crippen LogP contribution in [0.5, 0.6) is 0 Å². The first-order chi connectivity index (χ1) is 15.9. The molecule has 1 aliphatic heterocycles. The van der Waals surface area contributed by atoms with Gasteiger partial charge in [0.15, 0.2) is 11.2 Å². The molecule has 0 amide bonds. The minimum absolute atomic E-state index is 0.333. The molecule has 0 spiro atoms. The van der Waals surface area contributed by atoms with Gasteiger partial charge in [-0.05, 0) is 23.8 Å². The van der Waals surface area contributed by atoms with E-state index >= 15 is 0 Å². The van der Waals surface area contributed by atoms with E-state index in [1.165, 1.54) is 11.6 Å². The molecule has 33 heavy (non-hydrogen) atoms. The molecule has 8 nitrogen and oxygen atoms in total. The average Bonchev–Trinajstić information content (AvgIpc) is 3.21. The molecule has 1 aliphatic rings. The average molecular weight is 465 g/mol. The summed E-state index contributed by atoms with van der Waals surface area (Å²) in [6, 6.07) is 17.8. The Morgan fingerprint density at radius 1 is 0.879 bits per heavy atom. The van der Waals surface area contributed by atoms with Crippen molar-refractivity contribution in [2.24, 2.45) is 14.1 Å². The van der Waals surface area contributed by atoms with Gasteiger partial charge in [-0.25, -0.2) is 4.79 Å². The second kappa shape index (κ2) is 8.44. The molecular weight excluding hydrogens is 440 g/mol. The molecule has 1 saturated heterocycles. The van der Waals surface area contributed by atoms with Gasteiger partial charge in [0.05, 0.1) is 6.54 Å². The summed E-state index contributed by atoms with van der Waals surface area (Å²) >= 11 is 6.18. The van der Waals surface area contributed by atoms with Gasteiger partial charge in [-0.15, -0.1) is 0 Å². The number of nitrogens with zero attached hydrogens (tertiary/aromatic N) is 6. The van der Waals surface area contributed by atoms with E-state index in [-0.39, 0.29) is 11.2 Å². The molecule has 0 aliphatic carbocycles. The smallest absolute Gasteiger partial charge is 0.332 e. The van der Waals surface area contributed by atoms with Crippen molar-refractivity contribution in [1.29, 1.82) is 0 Å². The molecule has 0 N–H and O–H groups in total. The van der Waals surface area contributed by atoms with Gasteiger partial charge < -0.3 is 9.80 Å². The van der Waals surface area contributed by atoms with Crippen molar-refractivity contribution in [3.63, 3.8) is 0 Å². The number of hydrogen-bond acceptors (Lipinski definition) is 5. The summed E-state index contributed by atoms with van der Waals surface area (Å²) in [7, 11) is 3.16. The lowest BCUT2D eigenvalue weighted by Gasteiger charge is -2.36. The van der Waals surface area contributed by atoms with Crippen molar-refractivity contribution in [2.45, 2.75) is 6.54 Å². The summed E-state index contributed by atoms with van der Waals surface area (Å²) in [6.07, 6.45) is 0. The molecule has 0 radical (unpaired) electrons. The number of halogens is 1. The SMILES string of the molecule is Cn1c(=O)c2c(nc(N3CCN(c4cccc(Cl)c4)CC3)n2Cc2ccccc2)n(C)c1=O. The van der Waals surface area contributed by atoms with E-state index in [0.29, 0.717) is 23.7 Å². The summed E-state index contributed by atoms with van der Waals surface area (Å²) in [5.74, 6) is 0.706. The fourth-order valence-corrected chi connectivity index (χ4v) is 4.61. The van der Waals surface area contributed by atoms with Crippen molar-refractivity contribution in [2.75, 3.05) is 36.0 Å². The number of imidazole rings is 1. The minimum atomic E-state index is -0.380. The van der Waals surface area contributed by atoms with Crippen LogP contribution in [0.4, 0.5) is 11.6 Å². The zero-order valence-corrected chi connectivity index (χ0v) is 19.4. The molecule has 0 atom stereocenters. The van der Waals surface area contributed by atoms with Crippen molar-refractivity contribution in [3.8, 4) is 0 Å². The van der Waals surface area contributed by atoms with Crippen LogP contribution in [0.25, 0.3) is 11.2 Å². The summed E-state index contributed by atoms with van der Waals surface area (Å²) in [6.45, 7) is 3.56. The van der Waals surface area contributed by atoms with Gasteiger partial charge in [-0.1, -0.05) is 48.0 Å². The topological polar surface area (TPSA) is 68.3 Å². The van der Waals surface area contributed by atoms with E-state index in [9.17, 15) is 9.59 Å². The molecule has 2 aromatic heterocycles. The third-order valence-electron chi connectivity index (χ3n) is 6.25. The second-order valence-electron chi connectivity index (χ2n) is 8.32. The predicted octanol–water partition coefficient (Wildman–Crippen LogP) is 2.46. The van der Waals surface area contributed by atoms with Gasteiger partial charge in [0.1, 0.15) is 0 Å². The van der Waals surface area contributed by atoms with Crippen LogP contribution in [0.2, 0.25) is 5.02 Å². The van der Waals surface area contributed by atoms with E-state index in [2.05, 4.69) is 15.9 Å². The predicted molar refractivity (Wildman–Crippen MR) is 132 cm³/mol. The van der Waals surface area contributed by atoms with Crippen LogP contribution >= 0.6 is 11.6 Å². The number of piperazine rings is 1. The van der Waals surface area contributed by atoms with E-state index < -0.39 is 0 Å². The van der Waals surface area contributed by atoms with Crippen LogP contribution in [-0.4, -0.2) is 44.9 Å². The number of hydrogen-bond donors (Lipinski definition) is 0. The van der Waals surface area contributed by atoms with Crippen molar-refractivity contribution in [1.82, 2.24) is 18.7 Å². The maximum atomic E-state index is 13.1. The van der Waals surface area contributed by atoms with Gasteiger partial charge in [-0.2, -0.15) is 4.98 Å². The molecule has 1 fully saturated rings. The van der Waals surface area contributed by atoms with E-state index in [4.69, 9.17) is 16.6 Å². The van der Waals surface area contributed by atoms with Crippen LogP contribution in [0.15, 0.2) is 64.2 Å². The van der Waals surface area contributed by atoms with Crippen LogP contribution < -0.4 is 21.0 Å². The zero-order valence-electron chi connectivity index (χ0n) is 18.6. The Morgan fingerprint density at radius 2 is 1.58 bits per heavy atom. The Hall–Kier alpha value is -3.52. The number of aryl methyl sites for hydroxylation is 1. The highest BCUT2D eigenvalue weighted by atomic mass is 35.5. The molecule has 0 unspecified atom stereocenters. The number of anilines is 2. The molecule has 0 bridgehead atoms. The maximum absolute atomic E-state index is 13.1. The standard InChI is InChI=1S/C24H25ClN6O2/c1-27-21-20(22(32)28(2)24(27)33)31(16-17-7-4-3-5-8-17)23(26-21)30-13-11-29(12-14-30)19-10-6-9-18(25)15-19/h3-10,15H,11-14,16H2,1-2H3. The molecular formula is C24H25ClN6O2. The fraction of sp³-hybridized carbons (Fsp3) is 0.292. The van der Waals surface area contributed by atoms with Crippen molar-refractivity contribution in [3.05, 3.63) is 86.0 Å². The van der Waals surface area contributed by atoms with Crippen LogP contribution in [0.3, 0.4) is 0 Å². The molecule has 2 aromatic carbocycles. The lowest BCUT2D eigenvalue weighted by molar-refractivity contribution is 0.625. The lowest BCUT2D eigenvalue weighted by Crippen LogP contribution is -2.47. The normalized spacial score (nSPS) is 14.3. The van der Waals surface area contributed by atoms with Gasteiger partial charge in [0.25, 0.3) is 5.56 Å². The first kappa shape index (κ1) is 21.3. The molecule has 170 valence electrons. The van der Waals surface area contributed by atoms with E-state index in [0.717, 1.165) is 47.0 Å².